The molecule has 2 aliphatic rings. The summed E-state index contributed by atoms with van der Waals surface area (Å²) in [5, 5.41) is 3.34. The molecule has 0 aliphatic carbocycles. The number of nitrogens with one attached hydrogen (secondary N) is 1. The van der Waals surface area contributed by atoms with Gasteiger partial charge < -0.3 is 5.32 Å². The monoisotopic (exact) mass is 358 g/mol. The molecule has 2 aliphatic heterocycles. The van der Waals surface area contributed by atoms with Crippen molar-refractivity contribution >= 4 is 26.0 Å². The lowest BCUT2D eigenvalue weighted by Crippen LogP contribution is -2.42. The molecule has 2 fully saturated rings. The summed E-state index contributed by atoms with van der Waals surface area (Å²) in [5.41, 5.74) is 0.965. The molecule has 2 saturated heterocycles. The first kappa shape index (κ1) is 14.5. The van der Waals surface area contributed by atoms with Crippen molar-refractivity contribution in [1.82, 2.24) is 9.62 Å². The highest BCUT2D eigenvalue weighted by Gasteiger charge is 2.43. The molecular formula is C14H19BrN2O2S. The third kappa shape index (κ3) is 2.43. The Morgan fingerprint density at radius 3 is 2.80 bits per heavy atom. The van der Waals surface area contributed by atoms with Crippen LogP contribution in [-0.4, -0.2) is 37.9 Å². The molecule has 2 heterocycles. The maximum atomic E-state index is 13.0. The average molecular weight is 359 g/mol. The van der Waals surface area contributed by atoms with E-state index in [4.69, 9.17) is 0 Å². The fourth-order valence-corrected chi connectivity index (χ4v) is 6.17. The van der Waals surface area contributed by atoms with Crippen LogP contribution in [0.4, 0.5) is 0 Å². The third-order valence-corrected chi connectivity index (χ3v) is 7.23. The van der Waals surface area contributed by atoms with Crippen molar-refractivity contribution in [2.24, 2.45) is 0 Å². The molecule has 2 unspecified atom stereocenters. The van der Waals surface area contributed by atoms with Crippen LogP contribution in [0.5, 0.6) is 0 Å². The van der Waals surface area contributed by atoms with Crippen molar-refractivity contribution in [3.05, 3.63) is 28.2 Å². The van der Waals surface area contributed by atoms with E-state index < -0.39 is 10.0 Å². The van der Waals surface area contributed by atoms with Crippen LogP contribution in [-0.2, 0) is 10.0 Å². The Bertz CT molecular complexity index is 604. The molecule has 0 radical (unpaired) electrons. The van der Waals surface area contributed by atoms with Gasteiger partial charge in [-0.05, 0) is 66.4 Å². The maximum absolute atomic E-state index is 13.0. The van der Waals surface area contributed by atoms with Gasteiger partial charge in [0, 0.05) is 23.1 Å². The van der Waals surface area contributed by atoms with Gasteiger partial charge in [0.2, 0.25) is 10.0 Å². The fraction of sp³-hybridized carbons (Fsp3) is 0.571. The zero-order chi connectivity index (χ0) is 14.3. The lowest BCUT2D eigenvalue weighted by molar-refractivity contribution is 0.334. The summed E-state index contributed by atoms with van der Waals surface area (Å²) in [6, 6.07) is 5.74. The largest absolute Gasteiger partial charge is 0.315 e. The first-order valence-corrected chi connectivity index (χ1v) is 9.24. The van der Waals surface area contributed by atoms with Crippen molar-refractivity contribution in [2.75, 3.05) is 13.1 Å². The summed E-state index contributed by atoms with van der Waals surface area (Å²) >= 11 is 3.39. The van der Waals surface area contributed by atoms with E-state index in [1.165, 1.54) is 0 Å². The number of benzene rings is 1. The molecule has 3 rings (SSSR count). The maximum Gasteiger partial charge on any atom is 0.244 e. The molecule has 1 aromatic carbocycles. The number of aryl methyl sites for hydroxylation is 1. The SMILES string of the molecule is Cc1ccc(Br)c(S(=O)(=O)N2C3CCNCC2CC3)c1. The van der Waals surface area contributed by atoms with E-state index in [1.807, 2.05) is 19.1 Å². The third-order valence-electron chi connectivity index (χ3n) is 4.23. The predicted molar refractivity (Wildman–Crippen MR) is 82.2 cm³/mol. The van der Waals surface area contributed by atoms with Crippen molar-refractivity contribution in [1.29, 1.82) is 0 Å². The second kappa shape index (κ2) is 5.40. The molecule has 0 saturated carbocycles. The van der Waals surface area contributed by atoms with E-state index >= 15 is 0 Å². The van der Waals surface area contributed by atoms with Crippen LogP contribution >= 0.6 is 15.9 Å². The Kier molecular flexibility index (Phi) is 3.92. The van der Waals surface area contributed by atoms with Crippen LogP contribution in [0, 0.1) is 6.92 Å². The summed E-state index contributed by atoms with van der Waals surface area (Å²) in [6.45, 7) is 3.59. The number of nitrogens with zero attached hydrogens (tertiary/aromatic N) is 1. The molecular weight excluding hydrogens is 340 g/mol. The zero-order valence-corrected chi connectivity index (χ0v) is 13.9. The minimum atomic E-state index is -3.43. The van der Waals surface area contributed by atoms with Gasteiger partial charge in [0.15, 0.2) is 0 Å². The van der Waals surface area contributed by atoms with Crippen molar-refractivity contribution in [3.63, 3.8) is 0 Å². The molecule has 1 aromatic rings. The molecule has 0 amide bonds. The van der Waals surface area contributed by atoms with Gasteiger partial charge in [0.25, 0.3) is 0 Å². The number of halogens is 1. The Balaban J connectivity index is 2.05. The summed E-state index contributed by atoms with van der Waals surface area (Å²) in [6.07, 6.45) is 2.84. The van der Waals surface area contributed by atoms with Crippen LogP contribution in [0.25, 0.3) is 0 Å². The smallest absolute Gasteiger partial charge is 0.244 e. The van der Waals surface area contributed by atoms with Crippen molar-refractivity contribution in [3.8, 4) is 0 Å². The summed E-state index contributed by atoms with van der Waals surface area (Å²) < 4.78 is 28.5. The molecule has 0 spiro atoms. The number of rotatable bonds is 2. The van der Waals surface area contributed by atoms with Crippen LogP contribution in [0.2, 0.25) is 0 Å². The van der Waals surface area contributed by atoms with Gasteiger partial charge in [-0.3, -0.25) is 0 Å². The van der Waals surface area contributed by atoms with Gasteiger partial charge >= 0.3 is 0 Å². The molecule has 2 atom stereocenters. The second-order valence-corrected chi connectivity index (χ2v) is 8.31. The van der Waals surface area contributed by atoms with Crippen LogP contribution in [0.15, 0.2) is 27.6 Å². The standard InChI is InChI=1S/C14H19BrN2O2S/c1-10-2-5-13(15)14(8-10)20(18,19)17-11-3-4-12(17)9-16-7-6-11/h2,5,8,11-12,16H,3-4,6-7,9H2,1H3. The number of hydrogen-bond acceptors (Lipinski definition) is 3. The Labute approximate surface area is 128 Å². The van der Waals surface area contributed by atoms with E-state index in [2.05, 4.69) is 21.2 Å². The molecule has 20 heavy (non-hydrogen) atoms. The highest BCUT2D eigenvalue weighted by molar-refractivity contribution is 9.10. The summed E-state index contributed by atoms with van der Waals surface area (Å²) in [5.74, 6) is 0. The molecule has 1 N–H and O–H groups in total. The lowest BCUT2D eigenvalue weighted by Gasteiger charge is -2.27. The number of hydrogen-bond donors (Lipinski definition) is 1. The second-order valence-electron chi connectivity index (χ2n) is 5.65. The molecule has 0 aromatic heterocycles. The zero-order valence-electron chi connectivity index (χ0n) is 11.5. The van der Waals surface area contributed by atoms with Crippen LogP contribution in [0.3, 0.4) is 0 Å². The quantitative estimate of drug-likeness (QED) is 0.882. The van der Waals surface area contributed by atoms with Gasteiger partial charge in [-0.15, -0.1) is 0 Å². The Morgan fingerprint density at radius 2 is 2.00 bits per heavy atom. The van der Waals surface area contributed by atoms with Gasteiger partial charge in [-0.25, -0.2) is 8.42 Å². The fourth-order valence-electron chi connectivity index (χ4n) is 3.25. The van der Waals surface area contributed by atoms with Gasteiger partial charge in [-0.1, -0.05) is 6.07 Å². The lowest BCUT2D eigenvalue weighted by atomic mass is 10.1. The minimum absolute atomic E-state index is 0.0971. The van der Waals surface area contributed by atoms with Crippen molar-refractivity contribution in [2.45, 2.75) is 43.2 Å². The number of sulfonamides is 1. The highest BCUT2D eigenvalue weighted by Crippen LogP contribution is 2.36. The highest BCUT2D eigenvalue weighted by atomic mass is 79.9. The van der Waals surface area contributed by atoms with Gasteiger partial charge in [0.1, 0.15) is 0 Å². The molecule has 110 valence electrons. The summed E-state index contributed by atoms with van der Waals surface area (Å²) in [4.78, 5) is 0.399. The van der Waals surface area contributed by atoms with E-state index in [0.717, 1.165) is 37.9 Å². The van der Waals surface area contributed by atoms with Gasteiger partial charge in [0.05, 0.1) is 4.90 Å². The number of fused-ring (bicyclic) bond motifs is 2. The van der Waals surface area contributed by atoms with E-state index in [-0.39, 0.29) is 12.1 Å². The van der Waals surface area contributed by atoms with E-state index in [0.29, 0.717) is 9.37 Å². The van der Waals surface area contributed by atoms with E-state index in [9.17, 15) is 8.42 Å². The van der Waals surface area contributed by atoms with E-state index in [1.54, 1.807) is 10.4 Å². The topological polar surface area (TPSA) is 49.4 Å². The average Bonchev–Trinajstić information content (AvgIpc) is 2.66. The Morgan fingerprint density at radius 1 is 1.25 bits per heavy atom. The van der Waals surface area contributed by atoms with Crippen LogP contribution < -0.4 is 5.32 Å². The van der Waals surface area contributed by atoms with Crippen molar-refractivity contribution < 1.29 is 8.42 Å². The minimum Gasteiger partial charge on any atom is -0.315 e. The molecule has 2 bridgehead atoms. The summed E-state index contributed by atoms with van der Waals surface area (Å²) in [7, 11) is -3.43. The van der Waals surface area contributed by atoms with Gasteiger partial charge in [-0.2, -0.15) is 4.31 Å². The Hall–Kier alpha value is -0.430. The van der Waals surface area contributed by atoms with Crippen LogP contribution in [0.1, 0.15) is 24.8 Å². The predicted octanol–water partition coefficient (Wildman–Crippen LogP) is 2.27. The first-order valence-electron chi connectivity index (χ1n) is 7.00. The molecule has 6 heteroatoms. The molecule has 4 nitrogen and oxygen atoms in total. The first-order chi connectivity index (χ1) is 9.50. The normalized spacial score (nSPS) is 27.5.